The quantitative estimate of drug-likeness (QED) is 0.560. The second-order valence-corrected chi connectivity index (χ2v) is 3.86. The summed E-state index contributed by atoms with van der Waals surface area (Å²) in [6.07, 6.45) is 4.91. The monoisotopic (exact) mass is 242 g/mol. The summed E-state index contributed by atoms with van der Waals surface area (Å²) in [5, 5.41) is 20.2. The van der Waals surface area contributed by atoms with E-state index in [0.29, 0.717) is 11.1 Å². The lowest BCUT2D eigenvalue weighted by Crippen LogP contribution is -1.98. The lowest BCUT2D eigenvalue weighted by atomic mass is 10.1. The molecule has 2 heterocycles. The van der Waals surface area contributed by atoms with Crippen molar-refractivity contribution in [1.82, 2.24) is 14.5 Å². The maximum Gasteiger partial charge on any atom is 0.142 e. The van der Waals surface area contributed by atoms with Crippen LogP contribution < -0.4 is 5.73 Å². The van der Waals surface area contributed by atoms with Gasteiger partial charge in [0.1, 0.15) is 22.8 Å². The highest BCUT2D eigenvalue weighted by Gasteiger charge is 2.13. The molecule has 0 fully saturated rings. The standard InChI is InChI=1S/C12H10N4O2/c13-10-5-7(16-4-3-14-6-16)11-8(17)1-2-9(18)12(11)15-10/h1-6,17-18H,(H2,13,15). The average molecular weight is 242 g/mol. The predicted molar refractivity (Wildman–Crippen MR) is 66.6 cm³/mol. The van der Waals surface area contributed by atoms with Crippen LogP contribution in [0.25, 0.3) is 16.6 Å². The third kappa shape index (κ3) is 1.43. The summed E-state index contributed by atoms with van der Waals surface area (Å²) in [6, 6.07) is 4.40. The number of hydrogen-bond donors (Lipinski definition) is 3. The van der Waals surface area contributed by atoms with Gasteiger partial charge in [0.2, 0.25) is 0 Å². The van der Waals surface area contributed by atoms with Gasteiger partial charge in [-0.1, -0.05) is 0 Å². The third-order valence-corrected chi connectivity index (χ3v) is 2.70. The van der Waals surface area contributed by atoms with E-state index in [9.17, 15) is 10.2 Å². The number of hydrogen-bond acceptors (Lipinski definition) is 5. The van der Waals surface area contributed by atoms with Crippen LogP contribution in [-0.4, -0.2) is 24.7 Å². The van der Waals surface area contributed by atoms with Gasteiger partial charge in [0.05, 0.1) is 17.4 Å². The second kappa shape index (κ2) is 3.63. The van der Waals surface area contributed by atoms with Crippen LogP contribution in [0.3, 0.4) is 0 Å². The van der Waals surface area contributed by atoms with Gasteiger partial charge in [0.25, 0.3) is 0 Å². The molecule has 0 radical (unpaired) electrons. The Bertz CT molecular complexity index is 723. The molecule has 3 aromatic rings. The Balaban J connectivity index is 2.48. The number of aromatic hydroxyl groups is 2. The summed E-state index contributed by atoms with van der Waals surface area (Å²) in [5.74, 6) is 0.252. The van der Waals surface area contributed by atoms with Gasteiger partial charge >= 0.3 is 0 Å². The molecule has 4 N–H and O–H groups in total. The SMILES string of the molecule is Nc1cc(-n2ccnc2)c2c(O)ccc(O)c2n1. The van der Waals surface area contributed by atoms with Gasteiger partial charge in [-0.2, -0.15) is 0 Å². The number of fused-ring (bicyclic) bond motifs is 1. The van der Waals surface area contributed by atoms with E-state index in [-0.39, 0.29) is 22.8 Å². The van der Waals surface area contributed by atoms with E-state index >= 15 is 0 Å². The minimum absolute atomic E-state index is 0.0269. The lowest BCUT2D eigenvalue weighted by molar-refractivity contribution is 0.468. The van der Waals surface area contributed by atoms with Crippen LogP contribution in [0.4, 0.5) is 5.82 Å². The number of nitrogen functional groups attached to an aromatic ring is 1. The number of nitrogens with zero attached hydrogens (tertiary/aromatic N) is 3. The molecule has 3 rings (SSSR count). The minimum Gasteiger partial charge on any atom is -0.507 e. The zero-order chi connectivity index (χ0) is 12.7. The second-order valence-electron chi connectivity index (χ2n) is 3.86. The largest absolute Gasteiger partial charge is 0.507 e. The maximum atomic E-state index is 9.94. The van der Waals surface area contributed by atoms with Crippen LogP contribution >= 0.6 is 0 Å². The third-order valence-electron chi connectivity index (χ3n) is 2.70. The predicted octanol–water partition coefficient (Wildman–Crippen LogP) is 1.41. The van der Waals surface area contributed by atoms with Crippen molar-refractivity contribution in [2.45, 2.75) is 0 Å². The molecule has 0 saturated heterocycles. The fraction of sp³-hybridized carbons (Fsp3) is 0. The van der Waals surface area contributed by atoms with Crippen molar-refractivity contribution in [1.29, 1.82) is 0 Å². The molecular formula is C12H10N4O2. The number of aromatic nitrogens is 3. The molecule has 6 nitrogen and oxygen atoms in total. The first-order chi connectivity index (χ1) is 8.66. The number of rotatable bonds is 1. The van der Waals surface area contributed by atoms with Crippen molar-refractivity contribution in [2.75, 3.05) is 5.73 Å². The molecule has 0 unspecified atom stereocenters. The van der Waals surface area contributed by atoms with E-state index in [0.717, 1.165) is 0 Å². The van der Waals surface area contributed by atoms with Crippen molar-refractivity contribution in [3.8, 4) is 17.2 Å². The number of nitrogens with two attached hydrogens (primary N) is 1. The summed E-state index contributed by atoms with van der Waals surface area (Å²) in [5.41, 5.74) is 6.59. The van der Waals surface area contributed by atoms with E-state index in [1.807, 2.05) is 0 Å². The Morgan fingerprint density at radius 1 is 1.17 bits per heavy atom. The van der Waals surface area contributed by atoms with Crippen molar-refractivity contribution in [2.24, 2.45) is 0 Å². The summed E-state index contributed by atoms with van der Waals surface area (Å²) in [7, 11) is 0. The Labute approximate surface area is 102 Å². The summed E-state index contributed by atoms with van der Waals surface area (Å²) < 4.78 is 1.69. The van der Waals surface area contributed by atoms with Crippen molar-refractivity contribution < 1.29 is 10.2 Å². The normalized spacial score (nSPS) is 10.9. The van der Waals surface area contributed by atoms with E-state index < -0.39 is 0 Å². The molecule has 18 heavy (non-hydrogen) atoms. The van der Waals surface area contributed by atoms with Crippen molar-refractivity contribution >= 4 is 16.7 Å². The molecule has 0 atom stereocenters. The first kappa shape index (κ1) is 10.4. The van der Waals surface area contributed by atoms with Crippen LogP contribution in [-0.2, 0) is 0 Å². The maximum absolute atomic E-state index is 9.94. The molecule has 0 aliphatic heterocycles. The minimum atomic E-state index is -0.0311. The average Bonchev–Trinajstić information content (AvgIpc) is 2.86. The number of phenolic OH excluding ortho intramolecular Hbond substituents is 2. The summed E-state index contributed by atoms with van der Waals surface area (Å²) in [6.45, 7) is 0. The summed E-state index contributed by atoms with van der Waals surface area (Å²) >= 11 is 0. The lowest BCUT2D eigenvalue weighted by Gasteiger charge is -2.10. The van der Waals surface area contributed by atoms with Crippen LogP contribution in [0.5, 0.6) is 11.5 Å². The zero-order valence-corrected chi connectivity index (χ0v) is 9.28. The van der Waals surface area contributed by atoms with E-state index in [1.165, 1.54) is 12.1 Å². The molecule has 0 aliphatic rings. The zero-order valence-electron chi connectivity index (χ0n) is 9.28. The molecule has 0 amide bonds. The Morgan fingerprint density at radius 2 is 1.94 bits per heavy atom. The van der Waals surface area contributed by atoms with Gasteiger partial charge < -0.3 is 20.5 Å². The number of phenols is 2. The highest BCUT2D eigenvalue weighted by molar-refractivity contribution is 5.97. The van der Waals surface area contributed by atoms with Crippen LogP contribution in [0.15, 0.2) is 36.9 Å². The summed E-state index contributed by atoms with van der Waals surface area (Å²) in [4.78, 5) is 7.99. The van der Waals surface area contributed by atoms with E-state index in [4.69, 9.17) is 5.73 Å². The smallest absolute Gasteiger partial charge is 0.142 e. The molecule has 6 heteroatoms. The highest BCUT2D eigenvalue weighted by atomic mass is 16.3. The molecule has 0 saturated carbocycles. The molecular weight excluding hydrogens is 232 g/mol. The van der Waals surface area contributed by atoms with E-state index in [2.05, 4.69) is 9.97 Å². The first-order valence-electron chi connectivity index (χ1n) is 5.26. The van der Waals surface area contributed by atoms with Gasteiger partial charge in [-0.05, 0) is 12.1 Å². The fourth-order valence-electron chi connectivity index (χ4n) is 1.91. The number of benzene rings is 1. The van der Waals surface area contributed by atoms with Gasteiger partial charge in [-0.25, -0.2) is 9.97 Å². The Kier molecular flexibility index (Phi) is 2.09. The van der Waals surface area contributed by atoms with Gasteiger partial charge in [0.15, 0.2) is 0 Å². The number of anilines is 1. The number of imidazole rings is 1. The van der Waals surface area contributed by atoms with Crippen molar-refractivity contribution in [3.63, 3.8) is 0 Å². The molecule has 2 aromatic heterocycles. The molecule has 0 bridgehead atoms. The molecule has 0 aliphatic carbocycles. The highest BCUT2D eigenvalue weighted by Crippen LogP contribution is 2.35. The topological polar surface area (TPSA) is 97.2 Å². The Hall–Kier alpha value is -2.76. The van der Waals surface area contributed by atoms with Crippen molar-refractivity contribution in [3.05, 3.63) is 36.9 Å². The van der Waals surface area contributed by atoms with Gasteiger partial charge in [-0.15, -0.1) is 0 Å². The molecule has 1 aromatic carbocycles. The van der Waals surface area contributed by atoms with Crippen LogP contribution in [0.1, 0.15) is 0 Å². The number of pyridine rings is 1. The fourth-order valence-corrected chi connectivity index (χ4v) is 1.91. The van der Waals surface area contributed by atoms with E-state index in [1.54, 1.807) is 29.4 Å². The Morgan fingerprint density at radius 3 is 2.67 bits per heavy atom. The molecule has 0 spiro atoms. The van der Waals surface area contributed by atoms with Crippen LogP contribution in [0, 0.1) is 0 Å². The molecule has 90 valence electrons. The van der Waals surface area contributed by atoms with Crippen LogP contribution in [0.2, 0.25) is 0 Å². The van der Waals surface area contributed by atoms with Gasteiger partial charge in [0, 0.05) is 18.5 Å². The first-order valence-corrected chi connectivity index (χ1v) is 5.26. The van der Waals surface area contributed by atoms with Gasteiger partial charge in [-0.3, -0.25) is 0 Å².